The predicted octanol–water partition coefficient (Wildman–Crippen LogP) is 3.99. The summed E-state index contributed by atoms with van der Waals surface area (Å²) in [5.41, 5.74) is -0.858. The third-order valence-corrected chi connectivity index (χ3v) is 8.63. The lowest BCUT2D eigenvalue weighted by atomic mass is 9.81. The minimum absolute atomic E-state index is 0.00544. The van der Waals surface area contributed by atoms with Gasteiger partial charge in [0.25, 0.3) is 0 Å². The number of amides is 2. The Morgan fingerprint density at radius 2 is 1.54 bits per heavy atom. The summed E-state index contributed by atoms with van der Waals surface area (Å²) in [6.07, 6.45) is -3.73. The van der Waals surface area contributed by atoms with E-state index in [1.807, 2.05) is 0 Å². The zero-order valence-electron chi connectivity index (χ0n) is 12.1. The van der Waals surface area contributed by atoms with Crippen molar-refractivity contribution in [2.45, 2.75) is 22.3 Å². The van der Waals surface area contributed by atoms with Crippen LogP contribution in [0.25, 0.3) is 0 Å². The van der Waals surface area contributed by atoms with Gasteiger partial charge in [0, 0.05) is 9.65 Å². The molecule has 0 aromatic heterocycles. The highest BCUT2D eigenvalue weighted by Gasteiger charge is 2.66. The Hall–Kier alpha value is -0.890. The van der Waals surface area contributed by atoms with Gasteiger partial charge in [0.05, 0.1) is 23.1 Å². The zero-order valence-corrected chi connectivity index (χ0v) is 15.3. The molecule has 2 bridgehead atoms. The number of hydrogen-bond donors (Lipinski definition) is 0. The minimum atomic E-state index is -4.52. The maximum atomic E-state index is 12.9. The van der Waals surface area contributed by atoms with Crippen LogP contribution in [-0.2, 0) is 15.8 Å². The third-order valence-electron chi connectivity index (χ3n) is 5.42. The van der Waals surface area contributed by atoms with Crippen LogP contribution < -0.4 is 4.90 Å². The number of alkyl halides is 5. The lowest BCUT2D eigenvalue weighted by Gasteiger charge is -2.28. The Kier molecular flexibility index (Phi) is 3.66. The van der Waals surface area contributed by atoms with E-state index in [1.54, 1.807) is 0 Å². The highest BCUT2D eigenvalue weighted by Crippen LogP contribution is 2.60. The molecule has 6 unspecified atom stereocenters. The quantitative estimate of drug-likeness (QED) is 0.463. The smallest absolute Gasteiger partial charge is 0.274 e. The molecule has 2 amide bonds. The van der Waals surface area contributed by atoms with Crippen LogP contribution in [0.5, 0.6) is 0 Å². The number of imide groups is 1. The molecule has 6 atom stereocenters. The monoisotopic (exact) mass is 465 g/mol. The van der Waals surface area contributed by atoms with Crippen LogP contribution in [0.1, 0.15) is 12.0 Å². The Balaban J connectivity index is 1.72. The van der Waals surface area contributed by atoms with E-state index in [0.717, 1.165) is 23.5 Å². The number of carbonyl (C=O) groups excluding carboxylic acids is 2. The number of rotatable bonds is 1. The average molecular weight is 467 g/mol. The van der Waals surface area contributed by atoms with Crippen molar-refractivity contribution in [1.82, 2.24) is 0 Å². The number of hydrogen-bond acceptors (Lipinski definition) is 2. The maximum absolute atomic E-state index is 12.9. The molecule has 8 heteroatoms. The Labute approximate surface area is 152 Å². The molecule has 24 heavy (non-hydrogen) atoms. The molecule has 0 spiro atoms. The molecule has 2 saturated carbocycles. The lowest BCUT2D eigenvalue weighted by Crippen LogP contribution is -2.37. The summed E-state index contributed by atoms with van der Waals surface area (Å²) in [5.74, 6) is -1.54. The zero-order chi connectivity index (χ0) is 17.4. The minimum Gasteiger partial charge on any atom is -0.274 e. The van der Waals surface area contributed by atoms with Crippen molar-refractivity contribution in [3.05, 3.63) is 29.8 Å². The second-order valence-corrected chi connectivity index (χ2v) is 8.68. The molecule has 1 heterocycles. The fourth-order valence-electron chi connectivity index (χ4n) is 4.42. The van der Waals surface area contributed by atoms with E-state index in [4.69, 9.17) is 0 Å². The summed E-state index contributed by atoms with van der Waals surface area (Å²) >= 11 is 7.16. The van der Waals surface area contributed by atoms with Gasteiger partial charge in [0.2, 0.25) is 11.8 Å². The molecule has 1 saturated heterocycles. The van der Waals surface area contributed by atoms with Gasteiger partial charge in [-0.1, -0.05) is 37.9 Å². The Morgan fingerprint density at radius 3 is 2.04 bits per heavy atom. The number of halogens is 5. The molecule has 1 aromatic carbocycles. The summed E-state index contributed by atoms with van der Waals surface area (Å²) in [5, 5.41) is 0. The fraction of sp³-hybridized carbons (Fsp3) is 0.500. The van der Waals surface area contributed by atoms with Crippen molar-refractivity contribution in [2.75, 3.05) is 4.90 Å². The van der Waals surface area contributed by atoms with Crippen LogP contribution in [0.4, 0.5) is 18.9 Å². The van der Waals surface area contributed by atoms with E-state index in [0.29, 0.717) is 0 Å². The molecule has 0 N–H and O–H groups in total. The van der Waals surface area contributed by atoms with Gasteiger partial charge in [0.15, 0.2) is 0 Å². The van der Waals surface area contributed by atoms with Crippen molar-refractivity contribution < 1.29 is 22.8 Å². The van der Waals surface area contributed by atoms with E-state index in [2.05, 4.69) is 31.9 Å². The second-order valence-electron chi connectivity index (χ2n) is 6.56. The molecule has 3 nitrogen and oxygen atoms in total. The summed E-state index contributed by atoms with van der Waals surface area (Å²) < 4.78 is 38.7. The first-order valence-corrected chi connectivity index (χ1v) is 9.38. The number of anilines is 1. The number of fused-ring (bicyclic) bond motifs is 5. The summed E-state index contributed by atoms with van der Waals surface area (Å²) in [6.45, 7) is 0. The van der Waals surface area contributed by atoms with Crippen molar-refractivity contribution in [3.8, 4) is 0 Å². The topological polar surface area (TPSA) is 37.4 Å². The van der Waals surface area contributed by atoms with Crippen LogP contribution in [0.2, 0.25) is 0 Å². The highest BCUT2D eigenvalue weighted by molar-refractivity contribution is 9.12. The van der Waals surface area contributed by atoms with Gasteiger partial charge >= 0.3 is 6.18 Å². The highest BCUT2D eigenvalue weighted by atomic mass is 79.9. The van der Waals surface area contributed by atoms with E-state index in [9.17, 15) is 22.8 Å². The van der Waals surface area contributed by atoms with Gasteiger partial charge in [-0.25, -0.2) is 0 Å². The van der Waals surface area contributed by atoms with Crippen molar-refractivity contribution in [2.24, 2.45) is 23.7 Å². The number of nitrogens with zero attached hydrogens (tertiary/aromatic N) is 1. The normalized spacial score (nSPS) is 38.1. The van der Waals surface area contributed by atoms with Crippen LogP contribution in [0.3, 0.4) is 0 Å². The van der Waals surface area contributed by atoms with Gasteiger partial charge in [-0.2, -0.15) is 13.2 Å². The Morgan fingerprint density at radius 1 is 1.00 bits per heavy atom. The van der Waals surface area contributed by atoms with E-state index < -0.39 is 23.6 Å². The Bertz CT molecular complexity index is 706. The van der Waals surface area contributed by atoms with Gasteiger partial charge in [-0.05, 0) is 36.5 Å². The molecule has 1 aromatic rings. The van der Waals surface area contributed by atoms with E-state index in [-0.39, 0.29) is 39.0 Å². The molecule has 2 aliphatic carbocycles. The van der Waals surface area contributed by atoms with Crippen molar-refractivity contribution in [3.63, 3.8) is 0 Å². The van der Waals surface area contributed by atoms with Crippen LogP contribution >= 0.6 is 31.9 Å². The first-order valence-electron chi connectivity index (χ1n) is 7.55. The molecule has 128 valence electrons. The lowest BCUT2D eigenvalue weighted by molar-refractivity contribution is -0.137. The van der Waals surface area contributed by atoms with Crippen LogP contribution in [0.15, 0.2) is 24.3 Å². The molecule has 4 rings (SSSR count). The van der Waals surface area contributed by atoms with Crippen molar-refractivity contribution in [1.29, 1.82) is 0 Å². The molecule has 1 aliphatic heterocycles. The summed E-state index contributed by atoms with van der Waals surface area (Å²) in [4.78, 5) is 26.7. The average Bonchev–Trinajstić information content (AvgIpc) is 3.12. The molecule has 3 fully saturated rings. The fourth-order valence-corrected chi connectivity index (χ4v) is 6.30. The molecule has 3 aliphatic rings. The predicted molar refractivity (Wildman–Crippen MR) is 87.9 cm³/mol. The van der Waals surface area contributed by atoms with Gasteiger partial charge in [0.1, 0.15) is 0 Å². The van der Waals surface area contributed by atoms with Crippen LogP contribution in [-0.4, -0.2) is 21.5 Å². The van der Waals surface area contributed by atoms with Crippen molar-refractivity contribution >= 4 is 49.4 Å². The SMILES string of the molecule is O=C1C2C3CC(C(Br)C3Br)C2C(=O)N1c1cccc(C(F)(F)F)c1. The maximum Gasteiger partial charge on any atom is 0.416 e. The van der Waals surface area contributed by atoms with Crippen LogP contribution in [0, 0.1) is 23.7 Å². The number of benzene rings is 1. The van der Waals surface area contributed by atoms with Gasteiger partial charge in [-0.3, -0.25) is 14.5 Å². The van der Waals surface area contributed by atoms with Gasteiger partial charge in [-0.15, -0.1) is 0 Å². The molecular weight excluding hydrogens is 455 g/mol. The van der Waals surface area contributed by atoms with E-state index in [1.165, 1.54) is 12.1 Å². The number of carbonyl (C=O) groups is 2. The summed E-state index contributed by atoms with van der Waals surface area (Å²) in [7, 11) is 0. The standard InChI is InChI=1S/C16H12Br2F3NO2/c17-12-8-5-9(13(12)18)11-10(8)14(23)22(15(11)24)7-3-1-2-6(4-7)16(19,20)21/h1-4,8-13H,5H2. The first kappa shape index (κ1) is 16.6. The summed E-state index contributed by atoms with van der Waals surface area (Å²) in [6, 6.07) is 4.41. The molecular formula is C16H12Br2F3NO2. The second kappa shape index (κ2) is 5.30. The van der Waals surface area contributed by atoms with E-state index >= 15 is 0 Å². The molecule has 0 radical (unpaired) electrons. The third kappa shape index (κ3) is 2.14. The first-order chi connectivity index (χ1) is 11.2. The largest absolute Gasteiger partial charge is 0.416 e. The van der Waals surface area contributed by atoms with Gasteiger partial charge < -0.3 is 0 Å².